The Balaban J connectivity index is 3.16. The summed E-state index contributed by atoms with van der Waals surface area (Å²) in [6.07, 6.45) is 1.72. The maximum Gasteiger partial charge on any atom is 0.300 e. The molecule has 0 aromatic rings. The average molecular weight is 646 g/mol. The van der Waals surface area contributed by atoms with Gasteiger partial charge in [0, 0.05) is 27.3 Å². The molecule has 1 rings (SSSR count). The van der Waals surface area contributed by atoms with Crippen LogP contribution in [0.2, 0.25) is 0 Å². The zero-order valence-electron chi connectivity index (χ0n) is 23.7. The lowest BCUT2D eigenvalue weighted by molar-refractivity contribution is 0.0554. The SMILES string of the molecule is COCCOCCOP1(Cl)=NP(NCCCN(C)C)(OCCOCCOC)=NP(Cl)(NCCCN(C)C)=N1. The lowest BCUT2D eigenvalue weighted by Crippen LogP contribution is -2.22. The van der Waals surface area contributed by atoms with E-state index in [1.807, 2.05) is 28.2 Å². The first-order valence-electron chi connectivity index (χ1n) is 12.6. The molecule has 3 atom stereocenters. The zero-order chi connectivity index (χ0) is 28.3. The first-order valence-corrected chi connectivity index (χ1v) is 19.3. The van der Waals surface area contributed by atoms with E-state index in [-0.39, 0.29) is 13.2 Å². The van der Waals surface area contributed by atoms with Gasteiger partial charge in [0.25, 0.3) is 7.58 Å². The Hall–Kier alpha value is 0.870. The Bertz CT molecular complexity index is 811. The third-order valence-electron chi connectivity index (χ3n) is 4.74. The molecule has 0 aliphatic carbocycles. The van der Waals surface area contributed by atoms with Crippen LogP contribution in [0.15, 0.2) is 13.5 Å². The van der Waals surface area contributed by atoms with Gasteiger partial charge >= 0.3 is 6.78 Å². The maximum atomic E-state index is 7.05. The van der Waals surface area contributed by atoms with Crippen molar-refractivity contribution in [1.29, 1.82) is 0 Å². The number of hydrogen-bond acceptors (Lipinski definition) is 13. The topological polar surface area (TPSA) is 123 Å². The highest BCUT2D eigenvalue weighted by molar-refractivity contribution is 8.01. The summed E-state index contributed by atoms with van der Waals surface area (Å²) in [5.41, 5.74) is 0. The average Bonchev–Trinajstić information content (AvgIpc) is 2.83. The highest BCUT2D eigenvalue weighted by atomic mass is 35.7. The first kappa shape index (κ1) is 36.9. The van der Waals surface area contributed by atoms with Crippen LogP contribution >= 0.6 is 43.6 Å². The van der Waals surface area contributed by atoms with Gasteiger partial charge < -0.3 is 37.8 Å². The molecule has 1 aliphatic rings. The smallest absolute Gasteiger partial charge is 0.300 e. The molecule has 18 heteroatoms. The Morgan fingerprint density at radius 3 is 1.66 bits per heavy atom. The molecule has 13 nitrogen and oxygen atoms in total. The molecular weight excluding hydrogens is 598 g/mol. The van der Waals surface area contributed by atoms with Gasteiger partial charge in [-0.3, -0.25) is 5.09 Å². The molecule has 0 aromatic heterocycles. The van der Waals surface area contributed by atoms with Crippen molar-refractivity contribution in [3.8, 4) is 0 Å². The summed E-state index contributed by atoms with van der Waals surface area (Å²) < 4.78 is 47.8. The van der Waals surface area contributed by atoms with Gasteiger partial charge in [-0.25, -0.2) is 5.09 Å². The van der Waals surface area contributed by atoms with Gasteiger partial charge in [0.1, 0.15) is 0 Å². The summed E-state index contributed by atoms with van der Waals surface area (Å²) in [5.74, 6) is 0. The van der Waals surface area contributed by atoms with Crippen LogP contribution in [0.5, 0.6) is 0 Å². The summed E-state index contributed by atoms with van der Waals surface area (Å²) in [5, 5.41) is 6.76. The normalized spacial score (nSPS) is 25.4. The molecule has 0 fully saturated rings. The molecule has 0 saturated carbocycles. The summed E-state index contributed by atoms with van der Waals surface area (Å²) in [6.45, 7) is -0.173. The highest BCUT2D eigenvalue weighted by Gasteiger charge is 2.37. The monoisotopic (exact) mass is 645 g/mol. The van der Waals surface area contributed by atoms with Gasteiger partial charge in [-0.1, -0.05) is 0 Å². The van der Waals surface area contributed by atoms with Crippen molar-refractivity contribution in [2.24, 2.45) is 13.5 Å². The molecule has 1 heterocycles. The van der Waals surface area contributed by atoms with Crippen molar-refractivity contribution in [2.75, 3.05) is 121 Å². The van der Waals surface area contributed by atoms with Crippen LogP contribution in [-0.4, -0.2) is 131 Å². The molecule has 0 aromatic carbocycles. The van der Waals surface area contributed by atoms with Gasteiger partial charge in [-0.05, 0) is 76.6 Å². The van der Waals surface area contributed by atoms with E-state index < -0.39 is 21.1 Å². The molecule has 38 heavy (non-hydrogen) atoms. The van der Waals surface area contributed by atoms with Crippen LogP contribution in [0, 0.1) is 0 Å². The molecule has 228 valence electrons. The predicted molar refractivity (Wildman–Crippen MR) is 159 cm³/mol. The second-order valence-corrected chi connectivity index (χ2v) is 17.9. The minimum atomic E-state index is -3.21. The largest absolute Gasteiger partial charge is 0.382 e. The Morgan fingerprint density at radius 2 is 1.13 bits per heavy atom. The number of rotatable bonds is 24. The van der Waals surface area contributed by atoms with Crippen molar-refractivity contribution in [1.82, 2.24) is 20.0 Å². The van der Waals surface area contributed by atoms with E-state index in [0.29, 0.717) is 52.7 Å². The Kier molecular flexibility index (Phi) is 20.1. The van der Waals surface area contributed by atoms with E-state index in [4.69, 9.17) is 59.5 Å². The van der Waals surface area contributed by atoms with E-state index >= 15 is 0 Å². The molecule has 0 amide bonds. The minimum absolute atomic E-state index is 0.201. The van der Waals surface area contributed by atoms with Crippen LogP contribution in [0.4, 0.5) is 0 Å². The molecular formula is C20H48Cl2N7O6P3. The summed E-state index contributed by atoms with van der Waals surface area (Å²) in [7, 11) is 8.31. The van der Waals surface area contributed by atoms with Crippen molar-refractivity contribution in [2.45, 2.75) is 12.8 Å². The second kappa shape index (κ2) is 20.7. The van der Waals surface area contributed by atoms with Crippen molar-refractivity contribution in [3.63, 3.8) is 0 Å². The van der Waals surface area contributed by atoms with Gasteiger partial charge in [0.05, 0.1) is 52.9 Å². The zero-order valence-corrected chi connectivity index (χ0v) is 27.9. The third-order valence-corrected chi connectivity index (χ3v) is 15.7. The van der Waals surface area contributed by atoms with Crippen molar-refractivity contribution < 1.29 is 28.0 Å². The summed E-state index contributed by atoms with van der Waals surface area (Å²) >= 11 is 14.0. The van der Waals surface area contributed by atoms with E-state index in [2.05, 4.69) is 24.5 Å². The first-order chi connectivity index (χ1) is 18.1. The fourth-order valence-electron chi connectivity index (χ4n) is 2.95. The van der Waals surface area contributed by atoms with Gasteiger partial charge in [-0.15, -0.1) is 0 Å². The molecule has 1 aliphatic heterocycles. The second-order valence-electron chi connectivity index (χ2n) is 8.82. The summed E-state index contributed by atoms with van der Waals surface area (Å²) in [4.78, 5) is 4.21. The number of nitrogens with one attached hydrogen (secondary N) is 2. The molecule has 0 radical (unpaired) electrons. The van der Waals surface area contributed by atoms with Crippen molar-refractivity contribution >= 4 is 43.6 Å². The van der Waals surface area contributed by atoms with Gasteiger partial charge in [-0.2, -0.15) is 13.5 Å². The van der Waals surface area contributed by atoms with E-state index in [1.54, 1.807) is 14.2 Å². The predicted octanol–water partition coefficient (Wildman–Crippen LogP) is 4.76. The third kappa shape index (κ3) is 17.0. The lowest BCUT2D eigenvalue weighted by Gasteiger charge is -2.31. The minimum Gasteiger partial charge on any atom is -0.382 e. The summed E-state index contributed by atoms with van der Waals surface area (Å²) in [6, 6.07) is 0. The quantitative estimate of drug-likeness (QED) is 0.112. The number of nitrogens with zero attached hydrogens (tertiary/aromatic N) is 5. The van der Waals surface area contributed by atoms with Crippen LogP contribution < -0.4 is 10.2 Å². The fraction of sp³-hybridized carbons (Fsp3) is 1.00. The number of halogens is 2. The van der Waals surface area contributed by atoms with Crippen molar-refractivity contribution in [3.05, 3.63) is 0 Å². The Morgan fingerprint density at radius 1 is 0.632 bits per heavy atom. The highest BCUT2D eigenvalue weighted by Crippen LogP contribution is 2.80. The lowest BCUT2D eigenvalue weighted by atomic mass is 10.4. The maximum absolute atomic E-state index is 7.05. The van der Waals surface area contributed by atoms with E-state index in [1.165, 1.54) is 0 Å². The van der Waals surface area contributed by atoms with Crippen LogP contribution in [0.25, 0.3) is 0 Å². The van der Waals surface area contributed by atoms with Crippen LogP contribution in [0.1, 0.15) is 12.8 Å². The van der Waals surface area contributed by atoms with Gasteiger partial charge in [0.2, 0.25) is 6.71 Å². The van der Waals surface area contributed by atoms with Crippen LogP contribution in [0.3, 0.4) is 0 Å². The molecule has 0 bridgehead atoms. The van der Waals surface area contributed by atoms with E-state index in [0.717, 1.165) is 25.9 Å². The molecule has 0 spiro atoms. The standard InChI is InChI=1S/C20H48Cl2N7O6P3/c1-28(2)11-7-9-23-36(21)25-37(22,34-19-17-32-15-13-30-5)27-38(26-36,24-10-8-12-29(3)4)35-20-18-33-16-14-31-6/h23-24H,7-20H2,1-6H3. The number of ether oxygens (including phenoxy) is 4. The molecule has 3 unspecified atom stereocenters. The van der Waals surface area contributed by atoms with Crippen LogP contribution in [-0.2, 0) is 28.0 Å². The number of hydrogen-bond donors (Lipinski definition) is 2. The number of methoxy groups -OCH3 is 2. The fourth-order valence-corrected chi connectivity index (χ4v) is 15.6. The molecule has 0 saturated heterocycles. The molecule has 2 N–H and O–H groups in total. The van der Waals surface area contributed by atoms with E-state index in [9.17, 15) is 0 Å². The Labute approximate surface area is 239 Å². The van der Waals surface area contributed by atoms with Gasteiger partial charge in [0.15, 0.2) is 0 Å².